The van der Waals surface area contributed by atoms with Gasteiger partial charge in [0.05, 0.1) is 33.0 Å². The number of anilines is 1. The lowest BCUT2D eigenvalue weighted by Gasteiger charge is -2.12. The Morgan fingerprint density at radius 2 is 1.76 bits per heavy atom. The predicted octanol–water partition coefficient (Wildman–Crippen LogP) is 4.11. The SMILES string of the molecule is O=C1C[C@H](NC(=O)c2cc(NC(=O)c3cc(-c4ccccn4)c(Cl)cc3Cl)n(-c3ccccc3)n2)CN1. The summed E-state index contributed by atoms with van der Waals surface area (Å²) in [5, 5.41) is 13.2. The van der Waals surface area contributed by atoms with Crippen molar-refractivity contribution < 1.29 is 14.4 Å². The molecule has 186 valence electrons. The lowest BCUT2D eigenvalue weighted by atomic mass is 10.1. The van der Waals surface area contributed by atoms with E-state index < -0.39 is 11.8 Å². The Kier molecular flexibility index (Phi) is 6.89. The van der Waals surface area contributed by atoms with E-state index in [-0.39, 0.29) is 40.5 Å². The van der Waals surface area contributed by atoms with E-state index in [9.17, 15) is 14.4 Å². The largest absolute Gasteiger partial charge is 0.354 e. The summed E-state index contributed by atoms with van der Waals surface area (Å²) in [4.78, 5) is 42.0. The van der Waals surface area contributed by atoms with Gasteiger partial charge < -0.3 is 16.0 Å². The van der Waals surface area contributed by atoms with Crippen molar-refractivity contribution in [1.29, 1.82) is 0 Å². The summed E-state index contributed by atoms with van der Waals surface area (Å²) in [7, 11) is 0. The van der Waals surface area contributed by atoms with Gasteiger partial charge in [0.1, 0.15) is 5.82 Å². The van der Waals surface area contributed by atoms with Crippen LogP contribution in [0.2, 0.25) is 10.0 Å². The third-order valence-electron chi connectivity index (χ3n) is 5.74. The summed E-state index contributed by atoms with van der Waals surface area (Å²) >= 11 is 12.8. The van der Waals surface area contributed by atoms with Crippen molar-refractivity contribution in [3.63, 3.8) is 0 Å². The van der Waals surface area contributed by atoms with Crippen molar-refractivity contribution in [1.82, 2.24) is 25.4 Å². The fourth-order valence-corrected chi connectivity index (χ4v) is 4.50. The number of amides is 3. The standard InChI is InChI=1S/C26H20Cl2N6O3/c27-19-12-20(28)18(11-17(19)21-8-4-5-9-29-21)25(36)32-23-13-22(26(37)31-15-10-24(35)30-14-15)33-34(23)16-6-2-1-3-7-16/h1-9,11-13,15H,10,14H2,(H,30,35)(H,31,37)(H,32,36)/t15-/m0/s1. The average Bonchev–Trinajstić information content (AvgIpc) is 3.51. The number of nitrogens with zero attached hydrogens (tertiary/aromatic N) is 3. The average molecular weight is 535 g/mol. The van der Waals surface area contributed by atoms with Crippen LogP contribution in [0.4, 0.5) is 5.82 Å². The van der Waals surface area contributed by atoms with Crippen LogP contribution in [0.5, 0.6) is 0 Å². The van der Waals surface area contributed by atoms with E-state index >= 15 is 0 Å². The quantitative estimate of drug-likeness (QED) is 0.344. The highest BCUT2D eigenvalue weighted by Gasteiger charge is 2.26. The van der Waals surface area contributed by atoms with Crippen LogP contribution in [0.15, 0.2) is 72.9 Å². The first-order valence-corrected chi connectivity index (χ1v) is 12.1. The molecule has 1 fully saturated rings. The van der Waals surface area contributed by atoms with E-state index in [1.807, 2.05) is 24.3 Å². The lowest BCUT2D eigenvalue weighted by Crippen LogP contribution is -2.36. The fraction of sp³-hybridized carbons (Fsp3) is 0.115. The molecular formula is C26H20Cl2N6O3. The number of hydrogen-bond acceptors (Lipinski definition) is 5. The van der Waals surface area contributed by atoms with Gasteiger partial charge in [-0.15, -0.1) is 0 Å². The first-order valence-electron chi connectivity index (χ1n) is 11.3. The van der Waals surface area contributed by atoms with Crippen molar-refractivity contribution >= 4 is 46.7 Å². The number of para-hydroxylation sites is 1. The molecule has 4 aromatic rings. The fourth-order valence-electron chi connectivity index (χ4n) is 3.94. The van der Waals surface area contributed by atoms with Crippen LogP contribution in [-0.4, -0.2) is 45.1 Å². The first kappa shape index (κ1) is 24.5. The zero-order valence-electron chi connectivity index (χ0n) is 19.2. The molecule has 1 aliphatic rings. The maximum atomic E-state index is 13.4. The normalized spacial score (nSPS) is 14.8. The van der Waals surface area contributed by atoms with E-state index in [0.29, 0.717) is 28.5 Å². The van der Waals surface area contributed by atoms with Crippen molar-refractivity contribution in [3.05, 3.63) is 94.2 Å². The van der Waals surface area contributed by atoms with Gasteiger partial charge in [-0.3, -0.25) is 19.4 Å². The molecule has 5 rings (SSSR count). The molecule has 11 heteroatoms. The zero-order valence-corrected chi connectivity index (χ0v) is 20.8. The predicted molar refractivity (Wildman–Crippen MR) is 140 cm³/mol. The number of aromatic nitrogens is 3. The van der Waals surface area contributed by atoms with Gasteiger partial charge in [-0.1, -0.05) is 47.5 Å². The smallest absolute Gasteiger partial charge is 0.272 e. The van der Waals surface area contributed by atoms with Gasteiger partial charge in [0.25, 0.3) is 11.8 Å². The highest BCUT2D eigenvalue weighted by molar-refractivity contribution is 6.38. The molecular weight excluding hydrogens is 515 g/mol. The van der Waals surface area contributed by atoms with E-state index in [0.717, 1.165) is 0 Å². The van der Waals surface area contributed by atoms with Gasteiger partial charge >= 0.3 is 0 Å². The van der Waals surface area contributed by atoms with Gasteiger partial charge in [0.15, 0.2) is 5.69 Å². The molecule has 2 aromatic carbocycles. The Labute approximate surface area is 221 Å². The molecule has 2 aromatic heterocycles. The second-order valence-electron chi connectivity index (χ2n) is 8.32. The van der Waals surface area contributed by atoms with Crippen LogP contribution < -0.4 is 16.0 Å². The highest BCUT2D eigenvalue weighted by atomic mass is 35.5. The summed E-state index contributed by atoms with van der Waals surface area (Å²) < 4.78 is 1.45. The van der Waals surface area contributed by atoms with Gasteiger partial charge in [-0.05, 0) is 36.4 Å². The second kappa shape index (κ2) is 10.4. The summed E-state index contributed by atoms with van der Waals surface area (Å²) in [6.07, 6.45) is 1.82. The summed E-state index contributed by atoms with van der Waals surface area (Å²) in [5.74, 6) is -0.854. The molecule has 3 N–H and O–H groups in total. The van der Waals surface area contributed by atoms with Crippen LogP contribution in [-0.2, 0) is 4.79 Å². The minimum absolute atomic E-state index is 0.0786. The Morgan fingerprint density at radius 3 is 2.46 bits per heavy atom. The molecule has 0 aliphatic carbocycles. The molecule has 1 saturated heterocycles. The number of nitrogens with one attached hydrogen (secondary N) is 3. The third-order valence-corrected chi connectivity index (χ3v) is 6.36. The van der Waals surface area contributed by atoms with Gasteiger partial charge in [-0.25, -0.2) is 4.68 Å². The lowest BCUT2D eigenvalue weighted by molar-refractivity contribution is -0.119. The minimum Gasteiger partial charge on any atom is -0.354 e. The molecule has 3 heterocycles. The van der Waals surface area contributed by atoms with Gasteiger partial charge in [-0.2, -0.15) is 5.10 Å². The van der Waals surface area contributed by atoms with Crippen molar-refractivity contribution in [2.45, 2.75) is 12.5 Å². The van der Waals surface area contributed by atoms with Crippen LogP contribution in [0.1, 0.15) is 27.3 Å². The molecule has 1 atom stereocenters. The van der Waals surface area contributed by atoms with Gasteiger partial charge in [0, 0.05) is 30.8 Å². The molecule has 3 amide bonds. The number of pyridine rings is 1. The Morgan fingerprint density at radius 1 is 0.973 bits per heavy atom. The molecule has 1 aliphatic heterocycles. The topological polar surface area (TPSA) is 118 Å². The number of hydrogen-bond donors (Lipinski definition) is 3. The number of benzene rings is 2. The zero-order chi connectivity index (χ0) is 25.9. The van der Waals surface area contributed by atoms with Crippen molar-refractivity contribution in [2.75, 3.05) is 11.9 Å². The van der Waals surface area contributed by atoms with Crippen molar-refractivity contribution in [3.8, 4) is 16.9 Å². The summed E-state index contributed by atoms with van der Waals surface area (Å²) in [5.41, 5.74) is 2.02. The van der Waals surface area contributed by atoms with E-state index in [1.54, 1.807) is 36.5 Å². The number of halogens is 2. The van der Waals surface area contributed by atoms with E-state index in [2.05, 4.69) is 26.0 Å². The molecule has 0 radical (unpaired) electrons. The number of rotatable bonds is 6. The molecule has 0 bridgehead atoms. The highest BCUT2D eigenvalue weighted by Crippen LogP contribution is 2.32. The maximum Gasteiger partial charge on any atom is 0.272 e. The van der Waals surface area contributed by atoms with E-state index in [1.165, 1.54) is 16.8 Å². The van der Waals surface area contributed by atoms with Gasteiger partial charge in [0.2, 0.25) is 5.91 Å². The molecule has 9 nitrogen and oxygen atoms in total. The first-order chi connectivity index (χ1) is 17.9. The Bertz CT molecular complexity index is 1490. The maximum absolute atomic E-state index is 13.4. The number of carbonyl (C=O) groups is 3. The Hall–Kier alpha value is -4.21. The monoisotopic (exact) mass is 534 g/mol. The van der Waals surface area contributed by atoms with Crippen LogP contribution in [0, 0.1) is 0 Å². The van der Waals surface area contributed by atoms with Crippen LogP contribution in [0.3, 0.4) is 0 Å². The van der Waals surface area contributed by atoms with Crippen LogP contribution in [0.25, 0.3) is 16.9 Å². The van der Waals surface area contributed by atoms with E-state index in [4.69, 9.17) is 23.2 Å². The molecule has 0 spiro atoms. The molecule has 37 heavy (non-hydrogen) atoms. The minimum atomic E-state index is -0.520. The van der Waals surface area contributed by atoms with Crippen LogP contribution >= 0.6 is 23.2 Å². The van der Waals surface area contributed by atoms with Crippen molar-refractivity contribution in [2.24, 2.45) is 0 Å². The Balaban J connectivity index is 1.47. The third kappa shape index (κ3) is 5.32. The summed E-state index contributed by atoms with van der Waals surface area (Å²) in [6, 6.07) is 18.6. The number of carbonyl (C=O) groups excluding carboxylic acids is 3. The second-order valence-corrected chi connectivity index (χ2v) is 9.14. The molecule has 0 saturated carbocycles. The summed E-state index contributed by atoms with van der Waals surface area (Å²) in [6.45, 7) is 0.348. The molecule has 0 unspecified atom stereocenters.